The third-order valence-electron chi connectivity index (χ3n) is 4.79. The molecular formula is C21H17N7O. The molecule has 0 saturated carbocycles. The molecule has 0 aliphatic heterocycles. The maximum absolute atomic E-state index is 9.75. The standard InChI is InChI=1S/C21H17N7O/c29-11-18(13-4-2-1-3-5-13)27-21-22-9-15-8-14(6-7-17(15)26-21)19-16-10-25-28-20(16)24-12-23-19/h1-10,12,18,29H,11H2,(H,22,26,27)(H,23,24,25,28)/t18-/m1/s1. The first-order chi connectivity index (χ1) is 14.3. The Morgan fingerprint density at radius 3 is 2.76 bits per heavy atom. The van der Waals surface area contributed by atoms with Crippen LogP contribution in [0.2, 0.25) is 0 Å². The van der Waals surface area contributed by atoms with Gasteiger partial charge in [0.15, 0.2) is 5.65 Å². The molecular weight excluding hydrogens is 366 g/mol. The zero-order valence-corrected chi connectivity index (χ0v) is 15.3. The number of hydrogen-bond acceptors (Lipinski definition) is 7. The van der Waals surface area contributed by atoms with Crippen LogP contribution >= 0.6 is 0 Å². The van der Waals surface area contributed by atoms with Gasteiger partial charge in [-0.1, -0.05) is 36.4 Å². The summed E-state index contributed by atoms with van der Waals surface area (Å²) in [5.74, 6) is 0.465. The lowest BCUT2D eigenvalue weighted by Gasteiger charge is -2.16. The van der Waals surface area contributed by atoms with Crippen LogP contribution in [0.25, 0.3) is 33.2 Å². The number of benzene rings is 2. The Balaban J connectivity index is 1.47. The molecule has 0 amide bonds. The van der Waals surface area contributed by atoms with Crippen LogP contribution in [-0.2, 0) is 0 Å². The molecule has 3 heterocycles. The van der Waals surface area contributed by atoms with Gasteiger partial charge in [0.05, 0.1) is 35.4 Å². The van der Waals surface area contributed by atoms with Crippen LogP contribution in [-0.4, -0.2) is 41.8 Å². The monoisotopic (exact) mass is 383 g/mol. The molecule has 8 nitrogen and oxygen atoms in total. The van der Waals surface area contributed by atoms with Gasteiger partial charge in [0.25, 0.3) is 0 Å². The van der Waals surface area contributed by atoms with Crippen LogP contribution in [0.1, 0.15) is 11.6 Å². The Hall–Kier alpha value is -3.91. The normalized spacial score (nSPS) is 12.3. The topological polar surface area (TPSA) is 112 Å². The SMILES string of the molecule is OC[C@@H](Nc1ncc2cc(-c3ncnc4[nH]ncc34)ccc2n1)c1ccccc1. The highest BCUT2D eigenvalue weighted by Crippen LogP contribution is 2.27. The Labute approximate surface area is 165 Å². The molecule has 0 fully saturated rings. The van der Waals surface area contributed by atoms with Crippen LogP contribution in [0.15, 0.2) is 67.3 Å². The van der Waals surface area contributed by atoms with Gasteiger partial charge in [0, 0.05) is 17.1 Å². The minimum absolute atomic E-state index is 0.0568. The predicted molar refractivity (Wildman–Crippen MR) is 110 cm³/mol. The van der Waals surface area contributed by atoms with Crippen molar-refractivity contribution in [3.8, 4) is 11.3 Å². The number of H-pyrrole nitrogens is 1. The highest BCUT2D eigenvalue weighted by Gasteiger charge is 2.13. The number of hydrogen-bond donors (Lipinski definition) is 3. The number of aromatic amines is 1. The molecule has 0 aliphatic rings. The van der Waals surface area contributed by atoms with E-state index in [-0.39, 0.29) is 12.6 Å². The molecule has 0 radical (unpaired) electrons. The molecule has 5 aromatic rings. The van der Waals surface area contributed by atoms with Crippen LogP contribution in [0.3, 0.4) is 0 Å². The third kappa shape index (κ3) is 3.26. The highest BCUT2D eigenvalue weighted by atomic mass is 16.3. The van der Waals surface area contributed by atoms with Crippen molar-refractivity contribution in [2.45, 2.75) is 6.04 Å². The van der Waals surface area contributed by atoms with Crippen molar-refractivity contribution in [1.29, 1.82) is 0 Å². The first kappa shape index (κ1) is 17.2. The van der Waals surface area contributed by atoms with Gasteiger partial charge in [-0.05, 0) is 17.7 Å². The van der Waals surface area contributed by atoms with Gasteiger partial charge < -0.3 is 10.4 Å². The van der Waals surface area contributed by atoms with Crippen LogP contribution in [0.5, 0.6) is 0 Å². The van der Waals surface area contributed by atoms with Crippen molar-refractivity contribution in [3.63, 3.8) is 0 Å². The zero-order valence-electron chi connectivity index (χ0n) is 15.3. The zero-order chi connectivity index (χ0) is 19.6. The Bertz CT molecular complexity index is 1290. The highest BCUT2D eigenvalue weighted by molar-refractivity contribution is 5.93. The molecule has 1 atom stereocenters. The second-order valence-electron chi connectivity index (χ2n) is 6.61. The van der Waals surface area contributed by atoms with E-state index in [0.29, 0.717) is 11.6 Å². The van der Waals surface area contributed by atoms with Crippen LogP contribution in [0.4, 0.5) is 5.95 Å². The predicted octanol–water partition coefficient (Wildman–Crippen LogP) is 3.11. The number of aliphatic hydroxyl groups is 1. The summed E-state index contributed by atoms with van der Waals surface area (Å²) < 4.78 is 0. The molecule has 0 spiro atoms. The second kappa shape index (κ2) is 7.25. The molecule has 5 rings (SSSR count). The molecule has 0 aliphatic carbocycles. The minimum Gasteiger partial charge on any atom is -0.394 e. The summed E-state index contributed by atoms with van der Waals surface area (Å²) in [6, 6.07) is 15.4. The number of rotatable bonds is 5. The Morgan fingerprint density at radius 2 is 1.90 bits per heavy atom. The summed E-state index contributed by atoms with van der Waals surface area (Å²) >= 11 is 0. The van der Waals surface area contributed by atoms with E-state index in [9.17, 15) is 5.11 Å². The van der Waals surface area contributed by atoms with Gasteiger partial charge >= 0.3 is 0 Å². The molecule has 2 aromatic carbocycles. The lowest BCUT2D eigenvalue weighted by molar-refractivity contribution is 0.276. The fraction of sp³-hybridized carbons (Fsp3) is 0.0952. The fourth-order valence-corrected chi connectivity index (χ4v) is 3.32. The Morgan fingerprint density at radius 1 is 1.00 bits per heavy atom. The first-order valence-corrected chi connectivity index (χ1v) is 9.15. The quantitative estimate of drug-likeness (QED) is 0.427. The van der Waals surface area contributed by atoms with Gasteiger partial charge in [-0.25, -0.2) is 19.9 Å². The van der Waals surface area contributed by atoms with E-state index in [1.54, 1.807) is 12.4 Å². The average Bonchev–Trinajstić information content (AvgIpc) is 3.27. The van der Waals surface area contributed by atoms with E-state index in [1.807, 2.05) is 48.5 Å². The van der Waals surface area contributed by atoms with E-state index in [0.717, 1.165) is 33.1 Å². The number of aromatic nitrogens is 6. The second-order valence-corrected chi connectivity index (χ2v) is 6.61. The van der Waals surface area contributed by atoms with E-state index < -0.39 is 0 Å². The van der Waals surface area contributed by atoms with Crippen molar-refractivity contribution >= 4 is 27.9 Å². The summed E-state index contributed by atoms with van der Waals surface area (Å²) in [7, 11) is 0. The van der Waals surface area contributed by atoms with Crippen LogP contribution < -0.4 is 5.32 Å². The summed E-state index contributed by atoms with van der Waals surface area (Å²) in [5.41, 5.74) is 4.21. The molecule has 142 valence electrons. The molecule has 0 bridgehead atoms. The lowest BCUT2D eigenvalue weighted by Crippen LogP contribution is -2.16. The summed E-state index contributed by atoms with van der Waals surface area (Å²) in [6.07, 6.45) is 5.00. The van der Waals surface area contributed by atoms with Crippen molar-refractivity contribution in [1.82, 2.24) is 30.1 Å². The maximum atomic E-state index is 9.75. The summed E-state index contributed by atoms with van der Waals surface area (Å²) in [5, 5.41) is 21.6. The number of anilines is 1. The fourth-order valence-electron chi connectivity index (χ4n) is 3.32. The van der Waals surface area contributed by atoms with Gasteiger partial charge in [-0.2, -0.15) is 5.10 Å². The van der Waals surface area contributed by atoms with E-state index in [1.165, 1.54) is 6.33 Å². The number of nitrogens with zero attached hydrogens (tertiary/aromatic N) is 5. The van der Waals surface area contributed by atoms with E-state index in [4.69, 9.17) is 0 Å². The minimum atomic E-state index is -0.275. The average molecular weight is 383 g/mol. The summed E-state index contributed by atoms with van der Waals surface area (Å²) in [4.78, 5) is 17.6. The van der Waals surface area contributed by atoms with Gasteiger partial charge in [0.1, 0.15) is 6.33 Å². The largest absolute Gasteiger partial charge is 0.394 e. The van der Waals surface area contributed by atoms with Gasteiger partial charge in [-0.3, -0.25) is 5.10 Å². The number of aliphatic hydroxyl groups excluding tert-OH is 1. The first-order valence-electron chi connectivity index (χ1n) is 9.15. The van der Waals surface area contributed by atoms with Gasteiger partial charge in [0.2, 0.25) is 5.95 Å². The Kier molecular flexibility index (Phi) is 4.30. The number of fused-ring (bicyclic) bond motifs is 2. The smallest absolute Gasteiger partial charge is 0.223 e. The molecule has 29 heavy (non-hydrogen) atoms. The lowest BCUT2D eigenvalue weighted by atomic mass is 10.1. The molecule has 8 heteroatoms. The van der Waals surface area contributed by atoms with E-state index >= 15 is 0 Å². The van der Waals surface area contributed by atoms with Crippen molar-refractivity contribution in [2.75, 3.05) is 11.9 Å². The van der Waals surface area contributed by atoms with Crippen molar-refractivity contribution < 1.29 is 5.11 Å². The molecule has 3 N–H and O–H groups in total. The van der Waals surface area contributed by atoms with Crippen molar-refractivity contribution in [2.24, 2.45) is 0 Å². The van der Waals surface area contributed by atoms with Crippen LogP contribution in [0, 0.1) is 0 Å². The van der Waals surface area contributed by atoms with Gasteiger partial charge in [-0.15, -0.1) is 0 Å². The molecule has 3 aromatic heterocycles. The number of nitrogens with one attached hydrogen (secondary N) is 2. The van der Waals surface area contributed by atoms with E-state index in [2.05, 4.69) is 35.5 Å². The maximum Gasteiger partial charge on any atom is 0.223 e. The summed E-state index contributed by atoms with van der Waals surface area (Å²) in [6.45, 7) is -0.0568. The van der Waals surface area contributed by atoms with Crippen molar-refractivity contribution in [3.05, 3.63) is 72.8 Å². The third-order valence-corrected chi connectivity index (χ3v) is 4.79. The molecule has 0 saturated heterocycles. The molecule has 0 unspecified atom stereocenters.